The van der Waals surface area contributed by atoms with Crippen LogP contribution < -0.4 is 5.32 Å². The van der Waals surface area contributed by atoms with Gasteiger partial charge in [0.25, 0.3) is 0 Å². The number of fused-ring (bicyclic) bond motifs is 1. The Morgan fingerprint density at radius 1 is 1.35 bits per heavy atom. The van der Waals surface area contributed by atoms with E-state index in [0.29, 0.717) is 0 Å². The summed E-state index contributed by atoms with van der Waals surface area (Å²) in [7, 11) is 0. The van der Waals surface area contributed by atoms with Crippen molar-refractivity contribution in [3.05, 3.63) is 35.1 Å². The maximum atomic E-state index is 12.7. The molecule has 0 aliphatic heterocycles. The molecular formula is C17H23N3OS2. The van der Waals surface area contributed by atoms with Crippen molar-refractivity contribution < 1.29 is 4.79 Å². The molecular weight excluding hydrogens is 326 g/mol. The highest BCUT2D eigenvalue weighted by molar-refractivity contribution is 7.98. The van der Waals surface area contributed by atoms with Crippen LogP contribution in [0, 0.1) is 0 Å². The lowest BCUT2D eigenvalue weighted by atomic mass is 10.2. The molecule has 0 unspecified atom stereocenters. The summed E-state index contributed by atoms with van der Waals surface area (Å²) in [5, 5.41) is 3.82. The van der Waals surface area contributed by atoms with Gasteiger partial charge in [0.1, 0.15) is 6.04 Å². The molecule has 0 aromatic carbocycles. The molecule has 124 valence electrons. The lowest BCUT2D eigenvalue weighted by Gasteiger charge is -2.17. The van der Waals surface area contributed by atoms with E-state index in [2.05, 4.69) is 16.6 Å². The summed E-state index contributed by atoms with van der Waals surface area (Å²) in [6, 6.07) is 3.76. The molecule has 0 saturated carbocycles. The summed E-state index contributed by atoms with van der Waals surface area (Å²) in [6.07, 6.45) is 12.7. The van der Waals surface area contributed by atoms with Gasteiger partial charge in [0.05, 0.1) is 5.69 Å². The van der Waals surface area contributed by atoms with Crippen molar-refractivity contribution in [2.75, 3.05) is 17.3 Å². The van der Waals surface area contributed by atoms with Crippen LogP contribution in [0.25, 0.3) is 0 Å². The Hall–Kier alpha value is -1.27. The average Bonchev–Trinajstić information content (AvgIpc) is 3.14. The van der Waals surface area contributed by atoms with E-state index in [1.165, 1.54) is 29.8 Å². The van der Waals surface area contributed by atoms with Crippen LogP contribution in [-0.4, -0.2) is 27.5 Å². The number of rotatable bonds is 6. The van der Waals surface area contributed by atoms with E-state index in [9.17, 15) is 4.79 Å². The summed E-state index contributed by atoms with van der Waals surface area (Å²) in [5.41, 5.74) is 1.20. The molecule has 4 nitrogen and oxygen atoms in total. The van der Waals surface area contributed by atoms with E-state index in [1.807, 2.05) is 29.1 Å². The normalized spacial score (nSPS) is 15.7. The van der Waals surface area contributed by atoms with Gasteiger partial charge < -0.3 is 9.88 Å². The SMILES string of the molecule is CSCC[C@H](C(=O)Nc1nc2c(s1)CCCCC2)n1cccc1. The summed E-state index contributed by atoms with van der Waals surface area (Å²) >= 11 is 3.43. The third-order valence-electron chi connectivity index (χ3n) is 4.21. The van der Waals surface area contributed by atoms with Crippen LogP contribution in [-0.2, 0) is 17.6 Å². The van der Waals surface area contributed by atoms with Crippen molar-refractivity contribution in [2.24, 2.45) is 0 Å². The fourth-order valence-corrected chi connectivity index (χ4v) is 4.48. The average molecular weight is 350 g/mol. The highest BCUT2D eigenvalue weighted by Gasteiger charge is 2.22. The van der Waals surface area contributed by atoms with Crippen molar-refractivity contribution in [2.45, 2.75) is 44.6 Å². The van der Waals surface area contributed by atoms with Crippen molar-refractivity contribution >= 4 is 34.1 Å². The third kappa shape index (κ3) is 4.18. The predicted molar refractivity (Wildman–Crippen MR) is 98.5 cm³/mol. The number of anilines is 1. The number of aryl methyl sites for hydroxylation is 2. The molecule has 1 aliphatic rings. The summed E-state index contributed by atoms with van der Waals surface area (Å²) in [4.78, 5) is 18.8. The molecule has 1 aliphatic carbocycles. The zero-order valence-corrected chi connectivity index (χ0v) is 15.1. The predicted octanol–water partition coefficient (Wildman–Crippen LogP) is 4.15. The minimum atomic E-state index is -0.166. The van der Waals surface area contributed by atoms with Crippen LogP contribution in [0.4, 0.5) is 5.13 Å². The molecule has 3 rings (SSSR count). The zero-order chi connectivity index (χ0) is 16.1. The highest BCUT2D eigenvalue weighted by atomic mass is 32.2. The maximum Gasteiger partial charge on any atom is 0.249 e. The van der Waals surface area contributed by atoms with Crippen LogP contribution in [0.2, 0.25) is 0 Å². The number of hydrogen-bond donors (Lipinski definition) is 1. The van der Waals surface area contributed by atoms with Crippen molar-refractivity contribution in [1.29, 1.82) is 0 Å². The molecule has 0 fully saturated rings. The van der Waals surface area contributed by atoms with E-state index >= 15 is 0 Å². The molecule has 0 bridgehead atoms. The van der Waals surface area contributed by atoms with Gasteiger partial charge in [-0.15, -0.1) is 11.3 Å². The second-order valence-electron chi connectivity index (χ2n) is 5.87. The second-order valence-corrected chi connectivity index (χ2v) is 7.94. The van der Waals surface area contributed by atoms with E-state index in [1.54, 1.807) is 23.1 Å². The number of carbonyl (C=O) groups is 1. The molecule has 1 atom stereocenters. The van der Waals surface area contributed by atoms with Crippen molar-refractivity contribution in [3.8, 4) is 0 Å². The molecule has 2 heterocycles. The Balaban J connectivity index is 1.71. The lowest BCUT2D eigenvalue weighted by Crippen LogP contribution is -2.25. The van der Waals surface area contributed by atoms with Gasteiger partial charge in [-0.3, -0.25) is 4.79 Å². The largest absolute Gasteiger partial charge is 0.342 e. The van der Waals surface area contributed by atoms with Gasteiger partial charge in [-0.05, 0) is 56.2 Å². The van der Waals surface area contributed by atoms with E-state index in [0.717, 1.165) is 30.1 Å². The number of aromatic nitrogens is 2. The lowest BCUT2D eigenvalue weighted by molar-refractivity contribution is -0.119. The van der Waals surface area contributed by atoms with Crippen LogP contribution >= 0.6 is 23.1 Å². The first-order valence-corrected chi connectivity index (χ1v) is 10.4. The first-order chi connectivity index (χ1) is 11.3. The van der Waals surface area contributed by atoms with Gasteiger partial charge in [0, 0.05) is 17.3 Å². The Morgan fingerprint density at radius 3 is 2.91 bits per heavy atom. The summed E-state index contributed by atoms with van der Waals surface area (Å²) in [5.74, 6) is 1.00. The monoisotopic (exact) mass is 349 g/mol. The first-order valence-electron chi connectivity index (χ1n) is 8.19. The van der Waals surface area contributed by atoms with Gasteiger partial charge in [-0.2, -0.15) is 11.8 Å². The molecule has 0 saturated heterocycles. The maximum absolute atomic E-state index is 12.7. The van der Waals surface area contributed by atoms with Gasteiger partial charge >= 0.3 is 0 Å². The van der Waals surface area contributed by atoms with Crippen LogP contribution in [0.15, 0.2) is 24.5 Å². The minimum Gasteiger partial charge on any atom is -0.342 e. The van der Waals surface area contributed by atoms with Crippen LogP contribution in [0.1, 0.15) is 42.3 Å². The molecule has 2 aromatic heterocycles. The number of carbonyl (C=O) groups excluding carboxylic acids is 1. The molecule has 1 amide bonds. The number of nitrogens with zero attached hydrogens (tertiary/aromatic N) is 2. The first kappa shape index (κ1) is 16.6. The van der Waals surface area contributed by atoms with Gasteiger partial charge in [-0.1, -0.05) is 6.42 Å². The Kier molecular flexibility index (Phi) is 5.78. The third-order valence-corrected chi connectivity index (χ3v) is 5.93. The Morgan fingerprint density at radius 2 is 2.13 bits per heavy atom. The van der Waals surface area contributed by atoms with Gasteiger partial charge in [0.15, 0.2) is 5.13 Å². The second kappa shape index (κ2) is 8.02. The van der Waals surface area contributed by atoms with Crippen LogP contribution in [0.3, 0.4) is 0 Å². The fraction of sp³-hybridized carbons (Fsp3) is 0.529. The summed E-state index contributed by atoms with van der Waals surface area (Å²) < 4.78 is 1.99. The van der Waals surface area contributed by atoms with E-state index in [4.69, 9.17) is 0 Å². The smallest absolute Gasteiger partial charge is 0.249 e. The number of thiazole rings is 1. The fourth-order valence-electron chi connectivity index (χ4n) is 2.97. The Bertz CT molecular complexity index is 613. The Labute approximate surface area is 145 Å². The number of nitrogens with one attached hydrogen (secondary N) is 1. The topological polar surface area (TPSA) is 46.9 Å². The zero-order valence-electron chi connectivity index (χ0n) is 13.5. The van der Waals surface area contributed by atoms with E-state index in [-0.39, 0.29) is 11.9 Å². The molecule has 6 heteroatoms. The number of thioether (sulfide) groups is 1. The van der Waals surface area contributed by atoms with Gasteiger partial charge in [0.2, 0.25) is 5.91 Å². The molecule has 1 N–H and O–H groups in total. The summed E-state index contributed by atoms with van der Waals surface area (Å²) in [6.45, 7) is 0. The number of hydrogen-bond acceptors (Lipinski definition) is 4. The van der Waals surface area contributed by atoms with Crippen LogP contribution in [0.5, 0.6) is 0 Å². The standard InChI is InChI=1S/C17H23N3OS2/c1-22-12-9-14(20-10-5-6-11-20)16(21)19-17-18-13-7-3-2-4-8-15(13)23-17/h5-6,10-11,14H,2-4,7-9,12H2,1H3,(H,18,19,21)/t14-/m1/s1. The molecule has 0 radical (unpaired) electrons. The molecule has 0 spiro atoms. The molecule has 23 heavy (non-hydrogen) atoms. The quantitative estimate of drug-likeness (QED) is 0.797. The minimum absolute atomic E-state index is 0.0409. The van der Waals surface area contributed by atoms with Crippen molar-refractivity contribution in [1.82, 2.24) is 9.55 Å². The highest BCUT2D eigenvalue weighted by Crippen LogP contribution is 2.29. The van der Waals surface area contributed by atoms with Gasteiger partial charge in [-0.25, -0.2) is 4.98 Å². The molecule has 2 aromatic rings. The number of amides is 1. The van der Waals surface area contributed by atoms with Crippen molar-refractivity contribution in [3.63, 3.8) is 0 Å². The van der Waals surface area contributed by atoms with E-state index < -0.39 is 0 Å².